The van der Waals surface area contributed by atoms with E-state index in [1.165, 1.54) is 19.3 Å². The molecule has 2 aromatic rings. The lowest BCUT2D eigenvalue weighted by molar-refractivity contribution is 0.123. The van der Waals surface area contributed by atoms with Gasteiger partial charge >= 0.3 is 6.03 Å². The Morgan fingerprint density at radius 3 is 2.92 bits per heavy atom. The Labute approximate surface area is 141 Å². The molecule has 6 nitrogen and oxygen atoms in total. The van der Waals surface area contributed by atoms with Gasteiger partial charge in [0, 0.05) is 19.6 Å². The fourth-order valence-electron chi connectivity index (χ4n) is 3.32. The van der Waals surface area contributed by atoms with Gasteiger partial charge in [0.05, 0.1) is 24.4 Å². The summed E-state index contributed by atoms with van der Waals surface area (Å²) in [4.78, 5) is 19.2. The van der Waals surface area contributed by atoms with Crippen LogP contribution < -0.4 is 10.2 Å². The number of anilines is 1. The number of rotatable bonds is 5. The van der Waals surface area contributed by atoms with E-state index in [0.29, 0.717) is 0 Å². The van der Waals surface area contributed by atoms with Crippen molar-refractivity contribution in [1.29, 1.82) is 0 Å². The minimum atomic E-state index is -0.0903. The number of ether oxygens (including phenoxy) is 1. The molecule has 6 heteroatoms. The molecule has 1 aliphatic carbocycles. The molecule has 2 heterocycles. The Bertz CT molecular complexity index is 717. The number of benzene rings is 1. The van der Waals surface area contributed by atoms with Crippen molar-refractivity contribution >= 4 is 22.8 Å². The Morgan fingerprint density at radius 2 is 2.12 bits per heavy atom. The molecular formula is C18H24N4O2. The average molecular weight is 328 g/mol. The van der Waals surface area contributed by atoms with Crippen LogP contribution in [-0.2, 0) is 4.74 Å². The molecule has 1 aromatic heterocycles. The normalized spacial score (nSPS) is 18.1. The summed E-state index contributed by atoms with van der Waals surface area (Å²) in [6.07, 6.45) is 6.65. The average Bonchev–Trinajstić information content (AvgIpc) is 3.35. The van der Waals surface area contributed by atoms with E-state index in [1.54, 1.807) is 10.9 Å². The smallest absolute Gasteiger partial charge is 0.327 e. The summed E-state index contributed by atoms with van der Waals surface area (Å²) in [5, 5.41) is 3.01. The summed E-state index contributed by atoms with van der Waals surface area (Å²) in [6.45, 7) is 3.92. The van der Waals surface area contributed by atoms with E-state index < -0.39 is 0 Å². The lowest BCUT2D eigenvalue weighted by Crippen LogP contribution is -2.36. The van der Waals surface area contributed by atoms with Crippen molar-refractivity contribution < 1.29 is 9.53 Å². The second-order valence-electron chi connectivity index (χ2n) is 6.68. The topological polar surface area (TPSA) is 59.4 Å². The van der Waals surface area contributed by atoms with Gasteiger partial charge < -0.3 is 15.0 Å². The van der Waals surface area contributed by atoms with Gasteiger partial charge in [-0.1, -0.05) is 18.9 Å². The number of para-hydroxylation sites is 1. The molecule has 0 bridgehead atoms. The second kappa shape index (κ2) is 6.81. The maximum atomic E-state index is 12.4. The zero-order valence-corrected chi connectivity index (χ0v) is 13.9. The highest BCUT2D eigenvalue weighted by Gasteiger charge is 2.21. The fourth-order valence-corrected chi connectivity index (χ4v) is 3.32. The van der Waals surface area contributed by atoms with Gasteiger partial charge in [-0.3, -0.25) is 4.57 Å². The number of aromatic nitrogens is 2. The van der Waals surface area contributed by atoms with Gasteiger partial charge in [-0.15, -0.1) is 0 Å². The maximum Gasteiger partial charge on any atom is 0.327 e. The largest absolute Gasteiger partial charge is 0.378 e. The SMILES string of the molecule is O=C(NCCCC1CC1)n1cnc2c(N3CCOCC3)cccc21. The predicted molar refractivity (Wildman–Crippen MR) is 93.5 cm³/mol. The third-order valence-electron chi connectivity index (χ3n) is 4.89. The highest BCUT2D eigenvalue weighted by molar-refractivity contribution is 5.95. The van der Waals surface area contributed by atoms with Gasteiger partial charge in [0.15, 0.2) is 0 Å². The first kappa shape index (κ1) is 15.4. The van der Waals surface area contributed by atoms with Crippen molar-refractivity contribution in [2.75, 3.05) is 37.7 Å². The van der Waals surface area contributed by atoms with Crippen molar-refractivity contribution in [3.8, 4) is 0 Å². The summed E-state index contributed by atoms with van der Waals surface area (Å²) in [5.41, 5.74) is 2.82. The molecule has 0 spiro atoms. The van der Waals surface area contributed by atoms with E-state index in [-0.39, 0.29) is 6.03 Å². The number of carbonyl (C=O) groups excluding carboxylic acids is 1. The van der Waals surface area contributed by atoms with E-state index in [9.17, 15) is 4.79 Å². The third-order valence-corrected chi connectivity index (χ3v) is 4.89. The highest BCUT2D eigenvalue weighted by atomic mass is 16.5. The lowest BCUT2D eigenvalue weighted by atomic mass is 10.2. The molecule has 128 valence electrons. The molecule has 1 aromatic carbocycles. The highest BCUT2D eigenvalue weighted by Crippen LogP contribution is 2.33. The Balaban J connectivity index is 1.48. The fraction of sp³-hybridized carbons (Fsp3) is 0.556. The molecule has 1 saturated heterocycles. The third kappa shape index (κ3) is 3.24. The minimum absolute atomic E-state index is 0.0903. The molecule has 1 N–H and O–H groups in total. The van der Waals surface area contributed by atoms with Crippen LogP contribution in [0.4, 0.5) is 10.5 Å². The van der Waals surface area contributed by atoms with Gasteiger partial charge in [-0.05, 0) is 30.9 Å². The van der Waals surface area contributed by atoms with Gasteiger partial charge in [0.2, 0.25) is 0 Å². The van der Waals surface area contributed by atoms with Gasteiger partial charge in [-0.2, -0.15) is 0 Å². The van der Waals surface area contributed by atoms with Crippen LogP contribution in [0.3, 0.4) is 0 Å². The first-order chi connectivity index (χ1) is 11.8. The summed E-state index contributed by atoms with van der Waals surface area (Å²) >= 11 is 0. The first-order valence-corrected chi connectivity index (χ1v) is 8.90. The molecule has 24 heavy (non-hydrogen) atoms. The van der Waals surface area contributed by atoms with Crippen molar-refractivity contribution in [2.24, 2.45) is 5.92 Å². The summed E-state index contributed by atoms with van der Waals surface area (Å²) in [6, 6.07) is 5.92. The summed E-state index contributed by atoms with van der Waals surface area (Å²) in [5.74, 6) is 0.909. The van der Waals surface area contributed by atoms with Gasteiger partial charge in [-0.25, -0.2) is 9.78 Å². The van der Waals surface area contributed by atoms with Crippen LogP contribution in [0.5, 0.6) is 0 Å². The summed E-state index contributed by atoms with van der Waals surface area (Å²) < 4.78 is 7.04. The quantitative estimate of drug-likeness (QED) is 0.857. The van der Waals surface area contributed by atoms with Gasteiger partial charge in [0.25, 0.3) is 0 Å². The molecular weight excluding hydrogens is 304 g/mol. The van der Waals surface area contributed by atoms with Gasteiger partial charge in [0.1, 0.15) is 11.8 Å². The molecule has 0 unspecified atom stereocenters. The Hall–Kier alpha value is -2.08. The molecule has 4 rings (SSSR count). The zero-order valence-electron chi connectivity index (χ0n) is 13.9. The number of fused-ring (bicyclic) bond motifs is 1. The zero-order chi connectivity index (χ0) is 16.4. The Morgan fingerprint density at radius 1 is 1.29 bits per heavy atom. The van der Waals surface area contributed by atoms with Crippen molar-refractivity contribution in [1.82, 2.24) is 14.9 Å². The number of imidazole rings is 1. The molecule has 0 atom stereocenters. The van der Waals surface area contributed by atoms with Crippen LogP contribution in [0.1, 0.15) is 25.7 Å². The van der Waals surface area contributed by atoms with E-state index in [2.05, 4.69) is 21.3 Å². The van der Waals surface area contributed by atoms with E-state index in [1.807, 2.05) is 12.1 Å². The first-order valence-electron chi connectivity index (χ1n) is 8.90. The Kier molecular flexibility index (Phi) is 4.38. The number of hydrogen-bond acceptors (Lipinski definition) is 4. The number of nitrogens with one attached hydrogen (secondary N) is 1. The molecule has 2 aliphatic rings. The predicted octanol–water partition coefficient (Wildman–Crippen LogP) is 2.62. The van der Waals surface area contributed by atoms with Crippen LogP contribution in [0.2, 0.25) is 0 Å². The monoisotopic (exact) mass is 328 g/mol. The van der Waals surface area contributed by atoms with E-state index in [4.69, 9.17) is 4.74 Å². The number of nitrogens with zero attached hydrogens (tertiary/aromatic N) is 3. The van der Waals surface area contributed by atoms with E-state index in [0.717, 1.165) is 61.9 Å². The number of morpholine rings is 1. The van der Waals surface area contributed by atoms with Crippen LogP contribution in [0.25, 0.3) is 11.0 Å². The second-order valence-corrected chi connectivity index (χ2v) is 6.68. The van der Waals surface area contributed by atoms with Crippen LogP contribution in [0, 0.1) is 5.92 Å². The minimum Gasteiger partial charge on any atom is -0.378 e. The maximum absolute atomic E-state index is 12.4. The van der Waals surface area contributed by atoms with Crippen molar-refractivity contribution in [2.45, 2.75) is 25.7 Å². The van der Waals surface area contributed by atoms with Crippen LogP contribution in [0.15, 0.2) is 24.5 Å². The molecule has 0 radical (unpaired) electrons. The molecule has 1 amide bonds. The van der Waals surface area contributed by atoms with E-state index >= 15 is 0 Å². The molecule has 1 aliphatic heterocycles. The summed E-state index contributed by atoms with van der Waals surface area (Å²) in [7, 11) is 0. The lowest BCUT2D eigenvalue weighted by Gasteiger charge is -2.29. The van der Waals surface area contributed by atoms with Crippen molar-refractivity contribution in [3.05, 3.63) is 24.5 Å². The van der Waals surface area contributed by atoms with Crippen LogP contribution >= 0.6 is 0 Å². The van der Waals surface area contributed by atoms with Crippen molar-refractivity contribution in [3.63, 3.8) is 0 Å². The number of hydrogen-bond donors (Lipinski definition) is 1. The molecule has 2 fully saturated rings. The standard InChI is InChI=1S/C18H24N4O2/c23-18(19-8-2-3-14-6-7-14)22-13-20-17-15(4-1-5-16(17)22)21-9-11-24-12-10-21/h1,4-5,13-14H,2-3,6-12H2,(H,19,23). The number of carbonyl (C=O) groups is 1. The van der Waals surface area contributed by atoms with Crippen LogP contribution in [-0.4, -0.2) is 48.4 Å². The number of amides is 1. The molecule has 1 saturated carbocycles.